The molecule has 17 heavy (non-hydrogen) atoms. The third-order valence-corrected chi connectivity index (χ3v) is 3.53. The maximum atomic E-state index is 12.2. The molecule has 0 saturated heterocycles. The Kier molecular flexibility index (Phi) is 4.93. The average Bonchev–Trinajstić information content (AvgIpc) is 2.70. The molecule has 98 valence electrons. The van der Waals surface area contributed by atoms with Crippen molar-refractivity contribution in [2.75, 3.05) is 6.54 Å². The van der Waals surface area contributed by atoms with Crippen LogP contribution in [0.1, 0.15) is 39.5 Å². The van der Waals surface area contributed by atoms with E-state index >= 15 is 0 Å². The van der Waals surface area contributed by atoms with Crippen LogP contribution in [0.5, 0.6) is 0 Å². The van der Waals surface area contributed by atoms with Gasteiger partial charge in [0.15, 0.2) is 0 Å². The Bertz CT molecular complexity index is 293. The van der Waals surface area contributed by atoms with Gasteiger partial charge in [0.05, 0.1) is 0 Å². The monoisotopic (exact) mass is 242 g/mol. The lowest BCUT2D eigenvalue weighted by molar-refractivity contribution is -0.148. The molecular formula is C12H22N2O3. The molecule has 1 aliphatic rings. The number of carbonyl (C=O) groups excluding carboxylic acids is 1. The van der Waals surface area contributed by atoms with Gasteiger partial charge in [-0.15, -0.1) is 0 Å². The fraction of sp³-hybridized carbons (Fsp3) is 0.833. The van der Waals surface area contributed by atoms with Crippen LogP contribution >= 0.6 is 0 Å². The predicted octanol–water partition coefficient (Wildman–Crippen LogP) is 0.825. The summed E-state index contributed by atoms with van der Waals surface area (Å²) < 4.78 is 0. The lowest BCUT2D eigenvalue weighted by Gasteiger charge is -2.29. The molecule has 0 heterocycles. The van der Waals surface area contributed by atoms with Crippen LogP contribution in [0.4, 0.5) is 0 Å². The summed E-state index contributed by atoms with van der Waals surface area (Å²) in [5, 5.41) is 8.85. The highest BCUT2D eigenvalue weighted by atomic mass is 16.4. The normalized spacial score (nSPS) is 25.6. The molecule has 1 aliphatic carbocycles. The van der Waals surface area contributed by atoms with E-state index in [9.17, 15) is 9.59 Å². The first-order valence-corrected chi connectivity index (χ1v) is 6.23. The van der Waals surface area contributed by atoms with Crippen LogP contribution in [0.3, 0.4) is 0 Å². The van der Waals surface area contributed by atoms with Gasteiger partial charge in [-0.25, -0.2) is 0 Å². The topological polar surface area (TPSA) is 83.6 Å². The second-order valence-corrected chi connectivity index (χ2v) is 4.89. The number of carboxylic acids is 1. The number of hydrogen-bond acceptors (Lipinski definition) is 3. The quantitative estimate of drug-likeness (QED) is 0.747. The highest BCUT2D eigenvalue weighted by Gasteiger charge is 2.33. The van der Waals surface area contributed by atoms with Crippen LogP contribution in [0.2, 0.25) is 0 Å². The molecule has 0 aromatic heterocycles. The van der Waals surface area contributed by atoms with E-state index in [1.54, 1.807) is 0 Å². The molecule has 1 saturated carbocycles. The third kappa shape index (κ3) is 3.70. The molecule has 0 aromatic carbocycles. The van der Waals surface area contributed by atoms with Gasteiger partial charge in [-0.3, -0.25) is 9.59 Å². The van der Waals surface area contributed by atoms with Gasteiger partial charge >= 0.3 is 5.97 Å². The first-order chi connectivity index (χ1) is 7.95. The van der Waals surface area contributed by atoms with Crippen molar-refractivity contribution in [3.8, 4) is 0 Å². The molecular weight excluding hydrogens is 220 g/mol. The first-order valence-electron chi connectivity index (χ1n) is 6.23. The zero-order valence-electron chi connectivity index (χ0n) is 10.6. The van der Waals surface area contributed by atoms with E-state index in [0.717, 1.165) is 19.3 Å². The SMILES string of the molecule is CCC(C)N(CC(=O)O)C(=O)C1CCC(N)C1. The molecule has 1 amide bonds. The number of amides is 1. The molecule has 3 N–H and O–H groups in total. The molecule has 1 rings (SSSR count). The number of carboxylic acid groups (broad SMARTS) is 1. The maximum absolute atomic E-state index is 12.2. The highest BCUT2D eigenvalue weighted by Crippen LogP contribution is 2.26. The van der Waals surface area contributed by atoms with Crippen molar-refractivity contribution >= 4 is 11.9 Å². The Morgan fingerprint density at radius 3 is 2.53 bits per heavy atom. The fourth-order valence-electron chi connectivity index (χ4n) is 2.29. The molecule has 0 aromatic rings. The van der Waals surface area contributed by atoms with Crippen LogP contribution in [0.15, 0.2) is 0 Å². The number of hydrogen-bond donors (Lipinski definition) is 2. The summed E-state index contributed by atoms with van der Waals surface area (Å²) in [5.41, 5.74) is 5.79. The average molecular weight is 242 g/mol. The van der Waals surface area contributed by atoms with Crippen molar-refractivity contribution in [1.29, 1.82) is 0 Å². The predicted molar refractivity (Wildman–Crippen MR) is 64.4 cm³/mol. The third-order valence-electron chi connectivity index (χ3n) is 3.53. The summed E-state index contributed by atoms with van der Waals surface area (Å²) in [5.74, 6) is -1.09. The minimum Gasteiger partial charge on any atom is -0.480 e. The van der Waals surface area contributed by atoms with Gasteiger partial charge in [0.2, 0.25) is 5.91 Å². The van der Waals surface area contributed by atoms with Gasteiger partial charge in [-0.05, 0) is 32.6 Å². The van der Waals surface area contributed by atoms with Crippen LogP contribution in [0, 0.1) is 5.92 Å². The van der Waals surface area contributed by atoms with Crippen molar-refractivity contribution in [2.45, 2.75) is 51.6 Å². The van der Waals surface area contributed by atoms with Gasteiger partial charge in [0, 0.05) is 18.0 Å². The second kappa shape index (κ2) is 6.00. The van der Waals surface area contributed by atoms with Crippen LogP contribution in [0.25, 0.3) is 0 Å². The highest BCUT2D eigenvalue weighted by molar-refractivity contribution is 5.83. The zero-order chi connectivity index (χ0) is 13.0. The number of aliphatic carboxylic acids is 1. The number of nitrogens with two attached hydrogens (primary N) is 1. The van der Waals surface area contributed by atoms with Crippen LogP contribution < -0.4 is 5.73 Å². The van der Waals surface area contributed by atoms with Gasteiger partial charge < -0.3 is 15.7 Å². The largest absolute Gasteiger partial charge is 0.480 e. The standard InChI is InChI=1S/C12H22N2O3/c1-3-8(2)14(7-11(15)16)12(17)9-4-5-10(13)6-9/h8-10H,3-7,13H2,1-2H3,(H,15,16). The number of rotatable bonds is 5. The molecule has 0 radical (unpaired) electrons. The first kappa shape index (κ1) is 14.0. The molecule has 3 unspecified atom stereocenters. The van der Waals surface area contributed by atoms with E-state index in [0.29, 0.717) is 6.42 Å². The molecule has 0 aliphatic heterocycles. The Balaban J connectivity index is 2.68. The van der Waals surface area contributed by atoms with Gasteiger partial charge in [0.25, 0.3) is 0 Å². The van der Waals surface area contributed by atoms with E-state index in [4.69, 9.17) is 10.8 Å². The van der Waals surface area contributed by atoms with Gasteiger partial charge in [-0.1, -0.05) is 6.92 Å². The summed E-state index contributed by atoms with van der Waals surface area (Å²) >= 11 is 0. The van der Waals surface area contributed by atoms with Crippen molar-refractivity contribution in [1.82, 2.24) is 4.90 Å². The van der Waals surface area contributed by atoms with Crippen molar-refractivity contribution in [3.05, 3.63) is 0 Å². The Morgan fingerprint density at radius 1 is 1.47 bits per heavy atom. The molecule has 5 nitrogen and oxygen atoms in total. The van der Waals surface area contributed by atoms with Crippen molar-refractivity contribution in [3.63, 3.8) is 0 Å². The Labute approximate surface area is 102 Å². The fourth-order valence-corrected chi connectivity index (χ4v) is 2.29. The minimum atomic E-state index is -0.957. The number of nitrogens with zero attached hydrogens (tertiary/aromatic N) is 1. The smallest absolute Gasteiger partial charge is 0.323 e. The van der Waals surface area contributed by atoms with E-state index < -0.39 is 5.97 Å². The van der Waals surface area contributed by atoms with E-state index in [2.05, 4.69) is 0 Å². The summed E-state index contributed by atoms with van der Waals surface area (Å²) in [6.45, 7) is 3.63. The minimum absolute atomic E-state index is 0.0320. The summed E-state index contributed by atoms with van der Waals surface area (Å²) in [6, 6.07) is 0.0583. The van der Waals surface area contributed by atoms with Crippen molar-refractivity contribution < 1.29 is 14.7 Å². The summed E-state index contributed by atoms with van der Waals surface area (Å²) in [6.07, 6.45) is 3.09. The van der Waals surface area contributed by atoms with Crippen LogP contribution in [-0.2, 0) is 9.59 Å². The molecule has 0 spiro atoms. The van der Waals surface area contributed by atoms with E-state index in [1.807, 2.05) is 13.8 Å². The molecule has 1 fully saturated rings. The zero-order valence-corrected chi connectivity index (χ0v) is 10.6. The molecule has 0 bridgehead atoms. The maximum Gasteiger partial charge on any atom is 0.323 e. The second-order valence-electron chi connectivity index (χ2n) is 4.89. The summed E-state index contributed by atoms with van der Waals surface area (Å²) in [7, 11) is 0. The van der Waals surface area contributed by atoms with E-state index in [1.165, 1.54) is 4.90 Å². The molecule has 5 heteroatoms. The summed E-state index contributed by atoms with van der Waals surface area (Å²) in [4.78, 5) is 24.5. The molecule has 3 atom stereocenters. The lowest BCUT2D eigenvalue weighted by Crippen LogP contribution is -2.44. The van der Waals surface area contributed by atoms with E-state index in [-0.39, 0.29) is 30.5 Å². The number of carbonyl (C=O) groups is 2. The Hall–Kier alpha value is -1.10. The Morgan fingerprint density at radius 2 is 2.12 bits per heavy atom. The van der Waals surface area contributed by atoms with Crippen molar-refractivity contribution in [2.24, 2.45) is 11.7 Å². The lowest BCUT2D eigenvalue weighted by atomic mass is 10.0. The van der Waals surface area contributed by atoms with Gasteiger partial charge in [0.1, 0.15) is 6.54 Å². The van der Waals surface area contributed by atoms with Crippen LogP contribution in [-0.4, -0.2) is 40.5 Å². The van der Waals surface area contributed by atoms with Gasteiger partial charge in [-0.2, -0.15) is 0 Å².